The molecule has 29 heavy (non-hydrogen) atoms. The molecular weight excluding hydrogens is 415 g/mol. The van der Waals surface area contributed by atoms with E-state index in [0.29, 0.717) is 21.3 Å². The minimum absolute atomic E-state index is 0.103. The number of rotatable bonds is 5. The molecule has 152 valence electrons. The zero-order valence-electron chi connectivity index (χ0n) is 16.1. The number of esters is 1. The predicted octanol–water partition coefficient (Wildman–Crippen LogP) is 4.70. The van der Waals surface area contributed by atoms with Gasteiger partial charge in [-0.15, -0.1) is 0 Å². The monoisotopic (exact) mass is 434 g/mol. The second-order valence-electron chi connectivity index (χ2n) is 7.09. The van der Waals surface area contributed by atoms with Gasteiger partial charge in [-0.3, -0.25) is 14.5 Å². The van der Waals surface area contributed by atoms with Crippen molar-refractivity contribution in [1.29, 1.82) is 0 Å². The van der Waals surface area contributed by atoms with Crippen LogP contribution < -0.4 is 4.90 Å². The van der Waals surface area contributed by atoms with Crippen molar-refractivity contribution in [2.45, 2.75) is 26.0 Å². The van der Waals surface area contributed by atoms with Crippen LogP contribution in [0.5, 0.6) is 0 Å². The third-order valence-electron chi connectivity index (χ3n) is 4.73. The van der Waals surface area contributed by atoms with Gasteiger partial charge in [-0.25, -0.2) is 9.69 Å². The number of ether oxygens (including phenoxy) is 1. The number of imide groups is 1. The standard InChI is InChI=1S/C21H20Cl2N2O4/c1-12(2)17(13-7-9-14(22)10-8-13)20(27)29-19-18(26)24(3)21(28)25(19)16-6-4-5-15(23)11-16/h4-12,17,19H,1-3H3/t17-,19-/m0/s1. The minimum atomic E-state index is -1.40. The summed E-state index contributed by atoms with van der Waals surface area (Å²) in [6.07, 6.45) is -1.40. The highest BCUT2D eigenvalue weighted by Gasteiger charge is 2.47. The van der Waals surface area contributed by atoms with Crippen LogP contribution in [0.25, 0.3) is 0 Å². The summed E-state index contributed by atoms with van der Waals surface area (Å²) in [6.45, 7) is 3.76. The molecule has 8 heteroatoms. The van der Waals surface area contributed by atoms with Crippen molar-refractivity contribution in [1.82, 2.24) is 4.90 Å². The van der Waals surface area contributed by atoms with Crippen molar-refractivity contribution in [3.05, 3.63) is 64.1 Å². The average molecular weight is 435 g/mol. The van der Waals surface area contributed by atoms with Crippen LogP contribution in [-0.4, -0.2) is 36.1 Å². The number of carbonyl (C=O) groups excluding carboxylic acids is 3. The summed E-state index contributed by atoms with van der Waals surface area (Å²) >= 11 is 12.0. The van der Waals surface area contributed by atoms with Crippen molar-refractivity contribution >= 4 is 46.8 Å². The molecule has 0 radical (unpaired) electrons. The Hall–Kier alpha value is -2.57. The van der Waals surface area contributed by atoms with E-state index in [-0.39, 0.29) is 5.92 Å². The maximum atomic E-state index is 13.0. The maximum Gasteiger partial charge on any atom is 0.334 e. The largest absolute Gasteiger partial charge is 0.431 e. The first-order valence-electron chi connectivity index (χ1n) is 9.03. The van der Waals surface area contributed by atoms with Crippen LogP contribution >= 0.6 is 23.2 Å². The molecule has 0 bridgehead atoms. The zero-order valence-corrected chi connectivity index (χ0v) is 17.6. The molecule has 0 unspecified atom stereocenters. The Labute approximate surface area is 178 Å². The number of benzene rings is 2. The van der Waals surface area contributed by atoms with Crippen molar-refractivity contribution in [2.24, 2.45) is 5.92 Å². The number of likely N-dealkylation sites (N-methyl/N-ethyl adjacent to an activating group) is 1. The lowest BCUT2D eigenvalue weighted by Gasteiger charge is -2.25. The number of halogens is 2. The second kappa shape index (κ2) is 8.43. The smallest absolute Gasteiger partial charge is 0.334 e. The first-order valence-corrected chi connectivity index (χ1v) is 9.78. The van der Waals surface area contributed by atoms with E-state index in [1.807, 2.05) is 13.8 Å². The molecule has 3 amide bonds. The van der Waals surface area contributed by atoms with E-state index in [0.717, 1.165) is 9.80 Å². The third-order valence-corrected chi connectivity index (χ3v) is 5.22. The van der Waals surface area contributed by atoms with Crippen molar-refractivity contribution in [3.63, 3.8) is 0 Å². The highest BCUT2D eigenvalue weighted by atomic mass is 35.5. The fraction of sp³-hybridized carbons (Fsp3) is 0.286. The van der Waals surface area contributed by atoms with Gasteiger partial charge in [-0.05, 0) is 41.8 Å². The van der Waals surface area contributed by atoms with Crippen molar-refractivity contribution < 1.29 is 19.1 Å². The van der Waals surface area contributed by atoms with E-state index >= 15 is 0 Å². The van der Waals surface area contributed by atoms with Gasteiger partial charge in [-0.1, -0.05) is 55.2 Å². The summed E-state index contributed by atoms with van der Waals surface area (Å²) in [6, 6.07) is 12.7. The normalized spacial score (nSPS) is 17.8. The van der Waals surface area contributed by atoms with Crippen LogP contribution in [-0.2, 0) is 14.3 Å². The molecule has 0 aliphatic carbocycles. The van der Waals surface area contributed by atoms with Gasteiger partial charge < -0.3 is 4.74 Å². The Kier molecular flexibility index (Phi) is 6.15. The molecule has 6 nitrogen and oxygen atoms in total. The molecule has 0 spiro atoms. The first-order chi connectivity index (χ1) is 13.7. The van der Waals surface area contributed by atoms with E-state index in [2.05, 4.69) is 0 Å². The molecule has 0 aromatic heterocycles. The van der Waals surface area contributed by atoms with E-state index in [9.17, 15) is 14.4 Å². The van der Waals surface area contributed by atoms with Crippen LogP contribution in [0.1, 0.15) is 25.3 Å². The topological polar surface area (TPSA) is 66.9 Å². The van der Waals surface area contributed by atoms with Gasteiger partial charge in [0, 0.05) is 17.1 Å². The van der Waals surface area contributed by atoms with Crippen LogP contribution in [0.3, 0.4) is 0 Å². The lowest BCUT2D eigenvalue weighted by Crippen LogP contribution is -2.40. The number of hydrogen-bond donors (Lipinski definition) is 0. The summed E-state index contributed by atoms with van der Waals surface area (Å²) in [4.78, 5) is 40.3. The molecule has 3 rings (SSSR count). The average Bonchev–Trinajstić information content (AvgIpc) is 2.87. The molecule has 1 aliphatic heterocycles. The molecule has 1 aliphatic rings. The Morgan fingerprint density at radius 1 is 1.03 bits per heavy atom. The van der Waals surface area contributed by atoms with Crippen LogP contribution in [0.15, 0.2) is 48.5 Å². The van der Waals surface area contributed by atoms with Crippen molar-refractivity contribution in [2.75, 3.05) is 11.9 Å². The number of anilines is 1. The Balaban J connectivity index is 1.92. The lowest BCUT2D eigenvalue weighted by atomic mass is 9.88. The number of amides is 3. The molecule has 1 heterocycles. The van der Waals surface area contributed by atoms with Crippen molar-refractivity contribution in [3.8, 4) is 0 Å². The summed E-state index contributed by atoms with van der Waals surface area (Å²) in [5.41, 5.74) is 1.08. The van der Waals surface area contributed by atoms with Gasteiger partial charge in [0.15, 0.2) is 0 Å². The molecule has 1 saturated heterocycles. The summed E-state index contributed by atoms with van der Waals surface area (Å²) in [5.74, 6) is -1.95. The highest BCUT2D eigenvalue weighted by Crippen LogP contribution is 2.32. The molecule has 1 fully saturated rings. The van der Waals surface area contributed by atoms with E-state index < -0.39 is 30.1 Å². The first kappa shape index (κ1) is 21.1. The fourth-order valence-corrected chi connectivity index (χ4v) is 3.56. The Morgan fingerprint density at radius 2 is 1.69 bits per heavy atom. The van der Waals surface area contributed by atoms with Gasteiger partial charge in [0.25, 0.3) is 12.1 Å². The second-order valence-corrected chi connectivity index (χ2v) is 7.97. The Morgan fingerprint density at radius 3 is 2.28 bits per heavy atom. The van der Waals surface area contributed by atoms with Crippen LogP contribution in [0.4, 0.5) is 10.5 Å². The summed E-state index contributed by atoms with van der Waals surface area (Å²) < 4.78 is 5.58. The van der Waals surface area contributed by atoms with E-state index in [1.165, 1.54) is 13.1 Å². The van der Waals surface area contributed by atoms with Crippen LogP contribution in [0, 0.1) is 5.92 Å². The van der Waals surface area contributed by atoms with Gasteiger partial charge in [0.05, 0.1) is 11.6 Å². The number of nitrogens with zero attached hydrogens (tertiary/aromatic N) is 2. The van der Waals surface area contributed by atoms with Gasteiger partial charge in [-0.2, -0.15) is 0 Å². The summed E-state index contributed by atoms with van der Waals surface area (Å²) in [5, 5.41) is 0.943. The minimum Gasteiger partial charge on any atom is -0.431 e. The molecule has 0 saturated carbocycles. The van der Waals surface area contributed by atoms with Gasteiger partial charge in [0.2, 0.25) is 0 Å². The molecule has 2 aromatic carbocycles. The SMILES string of the molecule is CC(C)[C@H](C(=O)O[C@H]1C(=O)N(C)C(=O)N1c1cccc(Cl)c1)c1ccc(Cl)cc1. The molecule has 2 aromatic rings. The quantitative estimate of drug-likeness (QED) is 0.505. The van der Waals surface area contributed by atoms with Gasteiger partial charge in [0.1, 0.15) is 0 Å². The van der Waals surface area contributed by atoms with Gasteiger partial charge >= 0.3 is 12.0 Å². The lowest BCUT2D eigenvalue weighted by molar-refractivity contribution is -0.158. The zero-order chi connectivity index (χ0) is 21.3. The van der Waals surface area contributed by atoms with E-state index in [1.54, 1.807) is 42.5 Å². The number of urea groups is 1. The van der Waals surface area contributed by atoms with Crippen LogP contribution in [0.2, 0.25) is 10.0 Å². The van der Waals surface area contributed by atoms with E-state index in [4.69, 9.17) is 27.9 Å². The highest BCUT2D eigenvalue weighted by molar-refractivity contribution is 6.31. The number of hydrogen-bond acceptors (Lipinski definition) is 4. The maximum absolute atomic E-state index is 13.0. The number of carbonyl (C=O) groups is 3. The molecule has 2 atom stereocenters. The predicted molar refractivity (Wildman–Crippen MR) is 111 cm³/mol. The fourth-order valence-electron chi connectivity index (χ4n) is 3.25. The molecule has 0 N–H and O–H groups in total. The summed E-state index contributed by atoms with van der Waals surface area (Å²) in [7, 11) is 1.34. The third kappa shape index (κ3) is 4.23. The molecular formula is C21H20Cl2N2O4. The Bertz CT molecular complexity index is 946.